The Balaban J connectivity index is 1.67. The molecule has 0 fully saturated rings. The maximum absolute atomic E-state index is 11.9. The summed E-state index contributed by atoms with van der Waals surface area (Å²) in [6, 6.07) is 8.15. The lowest BCUT2D eigenvalue weighted by molar-refractivity contribution is -0.115. The third-order valence-electron chi connectivity index (χ3n) is 3.16. The topological polar surface area (TPSA) is 104 Å². The molecule has 1 aliphatic heterocycles. The van der Waals surface area contributed by atoms with Gasteiger partial charge < -0.3 is 10.6 Å². The van der Waals surface area contributed by atoms with E-state index < -0.39 is 0 Å². The normalized spacial score (nSPS) is 12.7. The maximum Gasteiger partial charge on any atom is 0.271 e. The first kappa shape index (κ1) is 13.0. The van der Waals surface area contributed by atoms with Gasteiger partial charge in [0.05, 0.1) is 6.42 Å². The van der Waals surface area contributed by atoms with Gasteiger partial charge in [0.25, 0.3) is 11.5 Å². The van der Waals surface area contributed by atoms with Crippen LogP contribution >= 0.6 is 0 Å². The van der Waals surface area contributed by atoms with Crippen LogP contribution in [0.2, 0.25) is 0 Å². The van der Waals surface area contributed by atoms with Gasteiger partial charge in [-0.05, 0) is 23.3 Å². The summed E-state index contributed by atoms with van der Waals surface area (Å²) in [6.07, 6.45) is 0.360. The molecule has 1 aliphatic rings. The molecule has 0 aliphatic carbocycles. The number of nitrogens with zero attached hydrogens (tertiary/aromatic N) is 1. The van der Waals surface area contributed by atoms with Crippen molar-refractivity contribution in [1.82, 2.24) is 15.5 Å². The van der Waals surface area contributed by atoms with E-state index in [2.05, 4.69) is 20.8 Å². The third kappa shape index (κ3) is 2.81. The number of carbonyl (C=O) groups is 2. The minimum absolute atomic E-state index is 0.0244. The zero-order chi connectivity index (χ0) is 14.8. The van der Waals surface area contributed by atoms with Crippen molar-refractivity contribution in [2.24, 2.45) is 0 Å². The Kier molecular flexibility index (Phi) is 3.23. The van der Waals surface area contributed by atoms with E-state index in [1.807, 2.05) is 18.2 Å². The second kappa shape index (κ2) is 5.20. The lowest BCUT2D eigenvalue weighted by atomic mass is 10.1. The average Bonchev–Trinajstić information content (AvgIpc) is 2.84. The number of benzene rings is 1. The summed E-state index contributed by atoms with van der Waals surface area (Å²) in [4.78, 5) is 34.0. The number of rotatable bonds is 3. The van der Waals surface area contributed by atoms with Crippen LogP contribution in [0.4, 0.5) is 5.69 Å². The summed E-state index contributed by atoms with van der Waals surface area (Å²) in [5.41, 5.74) is 2.42. The van der Waals surface area contributed by atoms with Crippen LogP contribution in [-0.2, 0) is 17.8 Å². The number of fused-ring (bicyclic) bond motifs is 1. The smallest absolute Gasteiger partial charge is 0.271 e. The lowest BCUT2D eigenvalue weighted by Gasteiger charge is -2.06. The predicted octanol–water partition coefficient (Wildman–Crippen LogP) is 0.195. The lowest BCUT2D eigenvalue weighted by Crippen LogP contribution is -2.25. The van der Waals surface area contributed by atoms with Crippen LogP contribution in [0.15, 0.2) is 35.1 Å². The molecule has 3 rings (SSSR count). The van der Waals surface area contributed by atoms with Crippen LogP contribution < -0.4 is 16.2 Å². The number of aromatic nitrogens is 2. The summed E-state index contributed by atoms with van der Waals surface area (Å²) < 4.78 is 0. The van der Waals surface area contributed by atoms with E-state index in [-0.39, 0.29) is 23.1 Å². The van der Waals surface area contributed by atoms with Crippen molar-refractivity contribution in [1.29, 1.82) is 0 Å². The molecule has 2 amide bonds. The van der Waals surface area contributed by atoms with E-state index in [1.165, 1.54) is 12.1 Å². The van der Waals surface area contributed by atoms with Crippen LogP contribution in [0.3, 0.4) is 0 Å². The van der Waals surface area contributed by atoms with Gasteiger partial charge in [0.2, 0.25) is 5.91 Å². The molecule has 0 unspecified atom stereocenters. The summed E-state index contributed by atoms with van der Waals surface area (Å²) in [5.74, 6) is -0.399. The molecule has 0 bridgehead atoms. The first-order valence-electron chi connectivity index (χ1n) is 6.37. The molecule has 1 aromatic carbocycles. The molecular weight excluding hydrogens is 272 g/mol. The summed E-state index contributed by atoms with van der Waals surface area (Å²) in [7, 11) is 0. The second-order valence-corrected chi connectivity index (χ2v) is 4.71. The van der Waals surface area contributed by atoms with Crippen molar-refractivity contribution >= 4 is 17.5 Å². The number of amides is 2. The van der Waals surface area contributed by atoms with Gasteiger partial charge in [-0.25, -0.2) is 5.10 Å². The van der Waals surface area contributed by atoms with E-state index in [1.54, 1.807) is 0 Å². The molecule has 0 spiro atoms. The molecule has 0 saturated carbocycles. The van der Waals surface area contributed by atoms with Crippen molar-refractivity contribution in [3.05, 3.63) is 57.5 Å². The highest BCUT2D eigenvalue weighted by molar-refractivity contribution is 5.99. The van der Waals surface area contributed by atoms with Crippen LogP contribution in [0.25, 0.3) is 0 Å². The molecule has 21 heavy (non-hydrogen) atoms. The minimum Gasteiger partial charge on any atom is -0.347 e. The van der Waals surface area contributed by atoms with Crippen LogP contribution in [0.5, 0.6) is 0 Å². The molecule has 7 nitrogen and oxygen atoms in total. The molecule has 3 N–H and O–H groups in total. The number of carbonyl (C=O) groups excluding carboxylic acids is 2. The van der Waals surface area contributed by atoms with E-state index in [0.717, 1.165) is 16.8 Å². The molecule has 2 aromatic rings. The van der Waals surface area contributed by atoms with Gasteiger partial charge in [0.15, 0.2) is 0 Å². The van der Waals surface area contributed by atoms with Crippen LogP contribution in [0, 0.1) is 0 Å². The summed E-state index contributed by atoms with van der Waals surface area (Å²) in [5, 5.41) is 11.3. The van der Waals surface area contributed by atoms with E-state index in [4.69, 9.17) is 0 Å². The Morgan fingerprint density at radius 2 is 2.10 bits per heavy atom. The molecule has 0 radical (unpaired) electrons. The Morgan fingerprint density at radius 3 is 2.86 bits per heavy atom. The molecule has 106 valence electrons. The van der Waals surface area contributed by atoms with E-state index >= 15 is 0 Å². The van der Waals surface area contributed by atoms with E-state index in [9.17, 15) is 14.4 Å². The molecule has 2 heterocycles. The number of hydrogen-bond donors (Lipinski definition) is 3. The van der Waals surface area contributed by atoms with Crippen molar-refractivity contribution < 1.29 is 9.59 Å². The predicted molar refractivity (Wildman–Crippen MR) is 74.8 cm³/mol. The molecule has 0 atom stereocenters. The first-order chi connectivity index (χ1) is 10.1. The van der Waals surface area contributed by atoms with Gasteiger partial charge in [0.1, 0.15) is 5.69 Å². The SMILES string of the molecule is O=C1Cc2cc(CNC(=O)c3ccc(=O)[nH]n3)ccc2N1. The number of H-pyrrole nitrogens is 1. The van der Waals surface area contributed by atoms with Gasteiger partial charge in [-0.1, -0.05) is 12.1 Å². The highest BCUT2D eigenvalue weighted by Gasteiger charge is 2.17. The maximum atomic E-state index is 11.9. The zero-order valence-corrected chi connectivity index (χ0v) is 11.0. The standard InChI is InChI=1S/C14H12N4O3/c19-12-4-3-11(17-18-12)14(21)15-7-8-1-2-10-9(5-8)6-13(20)16-10/h1-5H,6-7H2,(H,15,21)(H,16,20)(H,18,19). The van der Waals surface area contributed by atoms with Crippen LogP contribution in [0.1, 0.15) is 21.6 Å². The van der Waals surface area contributed by atoms with Gasteiger partial charge >= 0.3 is 0 Å². The minimum atomic E-state index is -0.374. The Hall–Kier alpha value is -2.96. The second-order valence-electron chi connectivity index (χ2n) is 4.71. The third-order valence-corrected chi connectivity index (χ3v) is 3.16. The fraction of sp³-hybridized carbons (Fsp3) is 0.143. The summed E-state index contributed by atoms with van der Waals surface area (Å²) >= 11 is 0. The van der Waals surface area contributed by atoms with E-state index in [0.29, 0.717) is 13.0 Å². The quantitative estimate of drug-likeness (QED) is 0.748. The van der Waals surface area contributed by atoms with Crippen molar-refractivity contribution in [3.63, 3.8) is 0 Å². The van der Waals surface area contributed by atoms with Crippen LogP contribution in [-0.4, -0.2) is 22.0 Å². The largest absolute Gasteiger partial charge is 0.347 e. The number of nitrogens with one attached hydrogen (secondary N) is 3. The fourth-order valence-corrected chi connectivity index (χ4v) is 2.14. The van der Waals surface area contributed by atoms with Gasteiger partial charge in [-0.2, -0.15) is 5.10 Å². The zero-order valence-electron chi connectivity index (χ0n) is 11.0. The fourth-order valence-electron chi connectivity index (χ4n) is 2.14. The molecule has 1 aromatic heterocycles. The average molecular weight is 284 g/mol. The monoisotopic (exact) mass is 284 g/mol. The Morgan fingerprint density at radius 1 is 1.24 bits per heavy atom. The molecular formula is C14H12N4O3. The Bertz CT molecular complexity index is 762. The number of aromatic amines is 1. The number of hydrogen-bond acceptors (Lipinski definition) is 4. The molecule has 0 saturated heterocycles. The summed E-state index contributed by atoms with van der Waals surface area (Å²) in [6.45, 7) is 0.321. The van der Waals surface area contributed by atoms with Gasteiger partial charge in [0, 0.05) is 18.3 Å². The van der Waals surface area contributed by atoms with Gasteiger partial charge in [-0.15, -0.1) is 0 Å². The Labute approximate surface area is 119 Å². The van der Waals surface area contributed by atoms with Crippen molar-refractivity contribution in [2.45, 2.75) is 13.0 Å². The first-order valence-corrected chi connectivity index (χ1v) is 6.37. The van der Waals surface area contributed by atoms with Gasteiger partial charge in [-0.3, -0.25) is 14.4 Å². The highest BCUT2D eigenvalue weighted by Crippen LogP contribution is 2.23. The molecule has 7 heteroatoms. The van der Waals surface area contributed by atoms with Crippen molar-refractivity contribution in [3.8, 4) is 0 Å². The highest BCUT2D eigenvalue weighted by atomic mass is 16.2. The number of anilines is 1. The van der Waals surface area contributed by atoms with Crippen molar-refractivity contribution in [2.75, 3.05) is 5.32 Å².